The van der Waals surface area contributed by atoms with E-state index >= 15 is 0 Å². The van der Waals surface area contributed by atoms with Gasteiger partial charge < -0.3 is 10.6 Å². The molecule has 0 aromatic heterocycles. The molecule has 7 nitrogen and oxygen atoms in total. The van der Waals surface area contributed by atoms with Gasteiger partial charge in [0.05, 0.1) is 4.90 Å². The van der Waals surface area contributed by atoms with Crippen molar-refractivity contribution in [2.45, 2.75) is 50.0 Å². The lowest BCUT2D eigenvalue weighted by molar-refractivity contribution is -0.126. The lowest BCUT2D eigenvalue weighted by Gasteiger charge is -2.33. The van der Waals surface area contributed by atoms with E-state index in [0.29, 0.717) is 19.5 Å². The maximum atomic E-state index is 12.9. The van der Waals surface area contributed by atoms with Crippen LogP contribution in [0.2, 0.25) is 0 Å². The number of carbonyl (C=O) groups is 2. The van der Waals surface area contributed by atoms with Crippen molar-refractivity contribution in [3.63, 3.8) is 0 Å². The molecular weight excluding hydrogens is 354 g/mol. The van der Waals surface area contributed by atoms with Gasteiger partial charge in [-0.1, -0.05) is 31.5 Å². The van der Waals surface area contributed by atoms with Crippen LogP contribution in [0.5, 0.6) is 0 Å². The van der Waals surface area contributed by atoms with Crippen LogP contribution < -0.4 is 10.6 Å². The smallest absolute Gasteiger partial charge is 0.243 e. The van der Waals surface area contributed by atoms with Crippen molar-refractivity contribution in [2.24, 2.45) is 0 Å². The SMILES string of the molecule is CCCNC(=O)CCNC(=O)C1CCCCN1S(=O)(=O)c1ccccc1. The standard InChI is InChI=1S/C18H27N3O4S/c1-2-12-19-17(22)11-13-20-18(23)16-10-6-7-14-21(16)26(24,25)15-8-4-3-5-9-15/h3-5,8-9,16H,2,6-7,10-14H2,1H3,(H,19,22)(H,20,23). The largest absolute Gasteiger partial charge is 0.356 e. The van der Waals surface area contributed by atoms with Crippen molar-refractivity contribution in [3.8, 4) is 0 Å². The molecule has 144 valence electrons. The summed E-state index contributed by atoms with van der Waals surface area (Å²) in [4.78, 5) is 24.3. The topological polar surface area (TPSA) is 95.6 Å². The molecule has 26 heavy (non-hydrogen) atoms. The Morgan fingerprint density at radius 3 is 2.54 bits per heavy atom. The number of nitrogens with one attached hydrogen (secondary N) is 2. The summed E-state index contributed by atoms with van der Waals surface area (Å²) < 4.78 is 27.1. The van der Waals surface area contributed by atoms with Crippen LogP contribution in [0.1, 0.15) is 39.0 Å². The van der Waals surface area contributed by atoms with E-state index in [9.17, 15) is 18.0 Å². The quantitative estimate of drug-likeness (QED) is 0.709. The molecule has 0 bridgehead atoms. The van der Waals surface area contributed by atoms with E-state index in [0.717, 1.165) is 19.3 Å². The fourth-order valence-corrected chi connectivity index (χ4v) is 4.63. The highest BCUT2D eigenvalue weighted by atomic mass is 32.2. The second kappa shape index (κ2) is 9.68. The Balaban J connectivity index is 1.99. The van der Waals surface area contributed by atoms with Gasteiger partial charge in [-0.3, -0.25) is 9.59 Å². The first kappa shape index (κ1) is 20.4. The van der Waals surface area contributed by atoms with Crippen molar-refractivity contribution < 1.29 is 18.0 Å². The van der Waals surface area contributed by atoms with E-state index in [1.807, 2.05) is 6.92 Å². The van der Waals surface area contributed by atoms with Crippen LogP contribution in [0, 0.1) is 0 Å². The van der Waals surface area contributed by atoms with Crippen molar-refractivity contribution in [1.29, 1.82) is 0 Å². The minimum absolute atomic E-state index is 0.121. The van der Waals surface area contributed by atoms with Crippen LogP contribution in [0.15, 0.2) is 35.2 Å². The lowest BCUT2D eigenvalue weighted by atomic mass is 10.0. The van der Waals surface area contributed by atoms with Gasteiger partial charge in [0, 0.05) is 26.1 Å². The molecule has 0 aliphatic carbocycles. The van der Waals surface area contributed by atoms with Gasteiger partial charge in [-0.25, -0.2) is 8.42 Å². The third-order valence-electron chi connectivity index (χ3n) is 4.33. The summed E-state index contributed by atoms with van der Waals surface area (Å²) in [6.07, 6.45) is 3.06. The second-order valence-electron chi connectivity index (χ2n) is 6.33. The Morgan fingerprint density at radius 1 is 1.12 bits per heavy atom. The highest BCUT2D eigenvalue weighted by Crippen LogP contribution is 2.25. The summed E-state index contributed by atoms with van der Waals surface area (Å²) in [7, 11) is -3.72. The molecular formula is C18H27N3O4S. The van der Waals surface area contributed by atoms with Crippen LogP contribution in [0.3, 0.4) is 0 Å². The third kappa shape index (κ3) is 5.28. The van der Waals surface area contributed by atoms with E-state index in [4.69, 9.17) is 0 Å². The van der Waals surface area contributed by atoms with Gasteiger partial charge in [0.2, 0.25) is 21.8 Å². The fourth-order valence-electron chi connectivity index (χ4n) is 2.95. The molecule has 0 radical (unpaired) electrons. The fraction of sp³-hybridized carbons (Fsp3) is 0.556. The van der Waals surface area contributed by atoms with Gasteiger partial charge in [-0.15, -0.1) is 0 Å². The van der Waals surface area contributed by atoms with Crippen molar-refractivity contribution in [3.05, 3.63) is 30.3 Å². The van der Waals surface area contributed by atoms with E-state index < -0.39 is 16.1 Å². The number of sulfonamides is 1. The molecule has 2 rings (SSSR count). The number of hydrogen-bond donors (Lipinski definition) is 2. The van der Waals surface area contributed by atoms with Crippen molar-refractivity contribution >= 4 is 21.8 Å². The van der Waals surface area contributed by atoms with Crippen LogP contribution in [-0.4, -0.2) is 50.2 Å². The number of benzene rings is 1. The second-order valence-corrected chi connectivity index (χ2v) is 8.22. The van der Waals surface area contributed by atoms with E-state index in [2.05, 4.69) is 10.6 Å². The number of hydrogen-bond acceptors (Lipinski definition) is 4. The third-order valence-corrected chi connectivity index (χ3v) is 6.25. The van der Waals surface area contributed by atoms with Gasteiger partial charge in [-0.2, -0.15) is 4.31 Å². The van der Waals surface area contributed by atoms with Crippen LogP contribution >= 0.6 is 0 Å². The molecule has 1 unspecified atom stereocenters. The Morgan fingerprint density at radius 2 is 1.85 bits per heavy atom. The van der Waals surface area contributed by atoms with Gasteiger partial charge >= 0.3 is 0 Å². The molecule has 1 aromatic rings. The molecule has 2 amide bonds. The van der Waals surface area contributed by atoms with Gasteiger partial charge in [0.15, 0.2) is 0 Å². The predicted octanol–water partition coefficient (Wildman–Crippen LogP) is 1.26. The predicted molar refractivity (Wildman–Crippen MR) is 98.9 cm³/mol. The van der Waals surface area contributed by atoms with Crippen molar-refractivity contribution in [1.82, 2.24) is 14.9 Å². The molecule has 1 fully saturated rings. The van der Waals surface area contributed by atoms with E-state index in [-0.39, 0.29) is 29.7 Å². The van der Waals surface area contributed by atoms with E-state index in [1.54, 1.807) is 18.2 Å². The first-order chi connectivity index (χ1) is 12.5. The molecule has 1 aliphatic rings. The number of carbonyl (C=O) groups excluding carboxylic acids is 2. The molecule has 0 spiro atoms. The molecule has 1 saturated heterocycles. The molecule has 1 heterocycles. The lowest BCUT2D eigenvalue weighted by Crippen LogP contribution is -2.52. The molecule has 0 saturated carbocycles. The monoisotopic (exact) mass is 381 g/mol. The zero-order valence-corrected chi connectivity index (χ0v) is 15.9. The molecule has 2 N–H and O–H groups in total. The number of nitrogens with zero attached hydrogens (tertiary/aromatic N) is 1. The molecule has 1 atom stereocenters. The average molecular weight is 381 g/mol. The summed E-state index contributed by atoms with van der Waals surface area (Å²) in [6, 6.07) is 7.44. The molecule has 1 aliphatic heterocycles. The summed E-state index contributed by atoms with van der Waals surface area (Å²) in [5.74, 6) is -0.461. The Hall–Kier alpha value is -1.93. The normalized spacial score (nSPS) is 18.3. The molecule has 1 aromatic carbocycles. The van der Waals surface area contributed by atoms with E-state index in [1.165, 1.54) is 16.4 Å². The summed E-state index contributed by atoms with van der Waals surface area (Å²) in [6.45, 7) is 3.10. The highest BCUT2D eigenvalue weighted by Gasteiger charge is 2.37. The number of piperidine rings is 1. The first-order valence-electron chi connectivity index (χ1n) is 9.08. The zero-order valence-electron chi connectivity index (χ0n) is 15.1. The maximum Gasteiger partial charge on any atom is 0.243 e. The average Bonchev–Trinajstić information content (AvgIpc) is 2.67. The zero-order chi connectivity index (χ0) is 19.0. The summed E-state index contributed by atoms with van der Waals surface area (Å²) >= 11 is 0. The number of rotatable bonds is 8. The Kier molecular flexibility index (Phi) is 7.59. The van der Waals surface area contributed by atoms with Crippen molar-refractivity contribution in [2.75, 3.05) is 19.6 Å². The Bertz CT molecular complexity index is 706. The van der Waals surface area contributed by atoms with Gasteiger partial charge in [0.1, 0.15) is 6.04 Å². The van der Waals surface area contributed by atoms with Crippen LogP contribution in [0.25, 0.3) is 0 Å². The number of amides is 2. The Labute approximate surface area is 155 Å². The minimum Gasteiger partial charge on any atom is -0.356 e. The summed E-state index contributed by atoms with van der Waals surface area (Å²) in [5.41, 5.74) is 0. The van der Waals surface area contributed by atoms with Gasteiger partial charge in [-0.05, 0) is 31.4 Å². The van der Waals surface area contributed by atoms with Crippen LogP contribution in [-0.2, 0) is 19.6 Å². The molecule has 8 heteroatoms. The minimum atomic E-state index is -3.72. The first-order valence-corrected chi connectivity index (χ1v) is 10.5. The van der Waals surface area contributed by atoms with Crippen LogP contribution in [0.4, 0.5) is 0 Å². The maximum absolute atomic E-state index is 12.9. The van der Waals surface area contributed by atoms with Gasteiger partial charge in [0.25, 0.3) is 0 Å². The summed E-state index contributed by atoms with van der Waals surface area (Å²) in [5, 5.41) is 5.45. The highest BCUT2D eigenvalue weighted by molar-refractivity contribution is 7.89.